The van der Waals surface area contributed by atoms with E-state index in [0.29, 0.717) is 5.56 Å². The number of carbonyl (C=O) groups excluding carboxylic acids is 1. The van der Waals surface area contributed by atoms with Crippen LogP contribution < -0.4 is 10.1 Å². The molecule has 2 heterocycles. The highest BCUT2D eigenvalue weighted by atomic mass is 16.5. The van der Waals surface area contributed by atoms with Crippen molar-refractivity contribution >= 4 is 5.91 Å². The summed E-state index contributed by atoms with van der Waals surface area (Å²) in [6.07, 6.45) is 1.65. The molecule has 0 aliphatic carbocycles. The van der Waals surface area contributed by atoms with Crippen LogP contribution in [0.2, 0.25) is 0 Å². The molecule has 1 saturated heterocycles. The van der Waals surface area contributed by atoms with Crippen LogP contribution in [0, 0.1) is 6.92 Å². The van der Waals surface area contributed by atoms with E-state index in [-0.39, 0.29) is 5.91 Å². The topological polar surface area (TPSA) is 59.4 Å². The number of ether oxygens (including phenoxy) is 1. The van der Waals surface area contributed by atoms with Gasteiger partial charge in [0.2, 0.25) is 0 Å². The van der Waals surface area contributed by atoms with Gasteiger partial charge in [0.25, 0.3) is 5.91 Å². The summed E-state index contributed by atoms with van der Waals surface area (Å²) in [6, 6.07) is 7.64. The Morgan fingerprint density at radius 3 is 2.82 bits per heavy atom. The Morgan fingerprint density at radius 2 is 2.09 bits per heavy atom. The summed E-state index contributed by atoms with van der Waals surface area (Å²) in [5.41, 5.74) is 2.39. The summed E-state index contributed by atoms with van der Waals surface area (Å²) in [4.78, 5) is 14.5. The Hall–Kier alpha value is -2.34. The molecule has 3 rings (SSSR count). The molecule has 1 aliphatic heterocycles. The number of nitrogens with one attached hydrogen (secondary N) is 1. The van der Waals surface area contributed by atoms with Crippen LogP contribution in [-0.4, -0.2) is 53.9 Å². The molecule has 0 spiro atoms. The predicted octanol–water partition coefficient (Wildman–Crippen LogP) is 1.23. The van der Waals surface area contributed by atoms with E-state index in [2.05, 4.69) is 10.4 Å². The van der Waals surface area contributed by atoms with Gasteiger partial charge in [-0.3, -0.25) is 4.79 Å². The van der Waals surface area contributed by atoms with E-state index >= 15 is 0 Å². The number of methoxy groups -OCH3 is 1. The van der Waals surface area contributed by atoms with Crippen molar-refractivity contribution in [3.05, 3.63) is 41.7 Å². The molecule has 0 radical (unpaired) electrons. The molecule has 1 N–H and O–H groups in total. The molecule has 1 aromatic heterocycles. The first kappa shape index (κ1) is 14.6. The molecule has 116 valence electrons. The van der Waals surface area contributed by atoms with E-state index in [1.165, 1.54) is 0 Å². The van der Waals surface area contributed by atoms with Crippen LogP contribution in [0.3, 0.4) is 0 Å². The fourth-order valence-electron chi connectivity index (χ4n) is 2.66. The maximum Gasteiger partial charge on any atom is 0.257 e. The van der Waals surface area contributed by atoms with Gasteiger partial charge in [0.1, 0.15) is 5.75 Å². The third-order valence-corrected chi connectivity index (χ3v) is 3.94. The summed E-state index contributed by atoms with van der Waals surface area (Å²) in [5, 5.41) is 7.63. The first-order chi connectivity index (χ1) is 10.7. The van der Waals surface area contributed by atoms with Gasteiger partial charge in [-0.25, -0.2) is 4.68 Å². The SMILES string of the molecule is COc1cccc(-n2ncc(C(=O)N3CCNCC3)c2C)c1. The third kappa shape index (κ3) is 2.69. The van der Waals surface area contributed by atoms with Gasteiger partial charge in [0.15, 0.2) is 0 Å². The normalized spacial score (nSPS) is 14.9. The van der Waals surface area contributed by atoms with Crippen LogP contribution in [0.15, 0.2) is 30.5 Å². The largest absolute Gasteiger partial charge is 0.497 e. The molecule has 0 saturated carbocycles. The molecule has 22 heavy (non-hydrogen) atoms. The van der Waals surface area contributed by atoms with Crippen LogP contribution in [-0.2, 0) is 0 Å². The van der Waals surface area contributed by atoms with Gasteiger partial charge in [-0.1, -0.05) is 6.07 Å². The highest BCUT2D eigenvalue weighted by Gasteiger charge is 2.22. The van der Waals surface area contributed by atoms with E-state index in [1.807, 2.05) is 36.1 Å². The van der Waals surface area contributed by atoms with Crippen molar-refractivity contribution in [2.45, 2.75) is 6.92 Å². The van der Waals surface area contributed by atoms with E-state index in [0.717, 1.165) is 43.3 Å². The van der Waals surface area contributed by atoms with Crippen molar-refractivity contribution in [3.63, 3.8) is 0 Å². The average Bonchev–Trinajstić information content (AvgIpc) is 2.96. The van der Waals surface area contributed by atoms with Gasteiger partial charge in [-0.2, -0.15) is 5.10 Å². The van der Waals surface area contributed by atoms with Crippen LogP contribution in [0.1, 0.15) is 16.1 Å². The first-order valence-corrected chi connectivity index (χ1v) is 7.40. The summed E-state index contributed by atoms with van der Waals surface area (Å²) in [7, 11) is 1.63. The lowest BCUT2D eigenvalue weighted by atomic mass is 10.2. The molecular weight excluding hydrogens is 280 g/mol. The van der Waals surface area contributed by atoms with Gasteiger partial charge < -0.3 is 15.0 Å². The maximum absolute atomic E-state index is 12.6. The number of carbonyl (C=O) groups is 1. The monoisotopic (exact) mass is 300 g/mol. The van der Waals surface area contributed by atoms with Gasteiger partial charge in [0.05, 0.1) is 30.3 Å². The van der Waals surface area contributed by atoms with Crippen molar-refractivity contribution < 1.29 is 9.53 Å². The third-order valence-electron chi connectivity index (χ3n) is 3.94. The highest BCUT2D eigenvalue weighted by molar-refractivity contribution is 5.95. The fraction of sp³-hybridized carbons (Fsp3) is 0.375. The number of hydrogen-bond donors (Lipinski definition) is 1. The number of aromatic nitrogens is 2. The van der Waals surface area contributed by atoms with Crippen LogP contribution in [0.5, 0.6) is 5.75 Å². The van der Waals surface area contributed by atoms with Crippen LogP contribution >= 0.6 is 0 Å². The second-order valence-corrected chi connectivity index (χ2v) is 5.30. The van der Waals surface area contributed by atoms with Crippen molar-refractivity contribution in [2.24, 2.45) is 0 Å². The summed E-state index contributed by atoms with van der Waals surface area (Å²) < 4.78 is 7.02. The summed E-state index contributed by atoms with van der Waals surface area (Å²) in [6.45, 7) is 5.08. The zero-order valence-electron chi connectivity index (χ0n) is 12.9. The van der Waals surface area contributed by atoms with E-state index in [1.54, 1.807) is 18.0 Å². The van der Waals surface area contributed by atoms with Crippen molar-refractivity contribution in [2.75, 3.05) is 33.3 Å². The highest BCUT2D eigenvalue weighted by Crippen LogP contribution is 2.20. The molecule has 1 amide bonds. The van der Waals surface area contributed by atoms with E-state index in [9.17, 15) is 4.79 Å². The molecule has 1 fully saturated rings. The minimum atomic E-state index is 0.0492. The lowest BCUT2D eigenvalue weighted by Gasteiger charge is -2.27. The minimum Gasteiger partial charge on any atom is -0.497 e. The quantitative estimate of drug-likeness (QED) is 0.926. The van der Waals surface area contributed by atoms with Gasteiger partial charge in [0, 0.05) is 32.2 Å². The number of benzene rings is 1. The van der Waals surface area contributed by atoms with Crippen molar-refractivity contribution in [3.8, 4) is 11.4 Å². The van der Waals surface area contributed by atoms with E-state index in [4.69, 9.17) is 4.74 Å². The van der Waals surface area contributed by atoms with Gasteiger partial charge in [-0.15, -0.1) is 0 Å². The van der Waals surface area contributed by atoms with Crippen molar-refractivity contribution in [1.82, 2.24) is 20.0 Å². The zero-order chi connectivity index (χ0) is 15.5. The Kier molecular flexibility index (Phi) is 4.11. The number of hydrogen-bond acceptors (Lipinski definition) is 4. The smallest absolute Gasteiger partial charge is 0.257 e. The summed E-state index contributed by atoms with van der Waals surface area (Å²) >= 11 is 0. The minimum absolute atomic E-state index is 0.0492. The molecule has 6 nitrogen and oxygen atoms in total. The standard InChI is InChI=1S/C16H20N4O2/c1-12-15(16(21)19-8-6-17-7-9-19)11-18-20(12)13-4-3-5-14(10-13)22-2/h3-5,10-11,17H,6-9H2,1-2H3. The average molecular weight is 300 g/mol. The Bertz CT molecular complexity index is 675. The molecule has 0 atom stereocenters. The summed E-state index contributed by atoms with van der Waals surface area (Å²) in [5.74, 6) is 0.815. The second-order valence-electron chi connectivity index (χ2n) is 5.30. The second kappa shape index (κ2) is 6.19. The molecule has 0 unspecified atom stereocenters. The van der Waals surface area contributed by atoms with Crippen LogP contribution in [0.4, 0.5) is 0 Å². The first-order valence-electron chi connectivity index (χ1n) is 7.40. The van der Waals surface area contributed by atoms with Crippen molar-refractivity contribution in [1.29, 1.82) is 0 Å². The lowest BCUT2D eigenvalue weighted by Crippen LogP contribution is -2.46. The number of amides is 1. The molecule has 2 aromatic rings. The Morgan fingerprint density at radius 1 is 1.32 bits per heavy atom. The molecule has 0 bridgehead atoms. The van der Waals surface area contributed by atoms with Crippen LogP contribution in [0.25, 0.3) is 5.69 Å². The molecule has 6 heteroatoms. The molecular formula is C16H20N4O2. The van der Waals surface area contributed by atoms with Gasteiger partial charge >= 0.3 is 0 Å². The number of piperazine rings is 1. The maximum atomic E-state index is 12.6. The molecule has 1 aliphatic rings. The van der Waals surface area contributed by atoms with Gasteiger partial charge in [-0.05, 0) is 19.1 Å². The zero-order valence-corrected chi connectivity index (χ0v) is 12.9. The van der Waals surface area contributed by atoms with E-state index < -0.39 is 0 Å². The Balaban J connectivity index is 1.89. The Labute approximate surface area is 129 Å². The predicted molar refractivity (Wildman–Crippen MR) is 83.6 cm³/mol. The number of rotatable bonds is 3. The molecule has 1 aromatic carbocycles. The fourth-order valence-corrected chi connectivity index (χ4v) is 2.66. The lowest BCUT2D eigenvalue weighted by molar-refractivity contribution is 0.0735. The number of nitrogens with zero attached hydrogens (tertiary/aromatic N) is 3.